The predicted molar refractivity (Wildman–Crippen MR) is 77.0 cm³/mol. The summed E-state index contributed by atoms with van der Waals surface area (Å²) in [4.78, 5) is 4.00. The van der Waals surface area contributed by atoms with Gasteiger partial charge in [-0.3, -0.25) is 0 Å². The third-order valence-electron chi connectivity index (χ3n) is 3.65. The van der Waals surface area contributed by atoms with Gasteiger partial charge < -0.3 is 14.5 Å². The SMILES string of the molecule is Cc1cc(Cl)ccc1O[C@@H](c1cnco1)[C@H]1CCNC1. The van der Waals surface area contributed by atoms with E-state index in [1.54, 1.807) is 6.20 Å². The number of nitrogens with one attached hydrogen (secondary N) is 1. The van der Waals surface area contributed by atoms with Gasteiger partial charge in [-0.1, -0.05) is 11.6 Å². The minimum atomic E-state index is -0.118. The molecule has 3 rings (SSSR count). The van der Waals surface area contributed by atoms with Crippen molar-refractivity contribution in [1.29, 1.82) is 0 Å². The second kappa shape index (κ2) is 5.85. The van der Waals surface area contributed by atoms with E-state index < -0.39 is 0 Å². The lowest BCUT2D eigenvalue weighted by molar-refractivity contribution is 0.119. The molecule has 1 aromatic carbocycles. The fraction of sp³-hybridized carbons (Fsp3) is 0.400. The number of ether oxygens (including phenoxy) is 1. The van der Waals surface area contributed by atoms with Crippen LogP contribution in [0.25, 0.3) is 0 Å². The number of hydrogen-bond donors (Lipinski definition) is 1. The van der Waals surface area contributed by atoms with Gasteiger partial charge in [-0.15, -0.1) is 0 Å². The van der Waals surface area contributed by atoms with Gasteiger partial charge in [0, 0.05) is 17.5 Å². The normalized spacial score (nSPS) is 20.0. The lowest BCUT2D eigenvalue weighted by atomic mass is 9.99. The molecule has 5 heteroatoms. The molecule has 1 aromatic heterocycles. The summed E-state index contributed by atoms with van der Waals surface area (Å²) in [5.41, 5.74) is 1.02. The Hall–Kier alpha value is -1.52. The Bertz CT molecular complexity index is 565. The van der Waals surface area contributed by atoms with E-state index in [4.69, 9.17) is 20.8 Å². The molecule has 4 nitrogen and oxygen atoms in total. The smallest absolute Gasteiger partial charge is 0.181 e. The third-order valence-corrected chi connectivity index (χ3v) is 3.88. The summed E-state index contributed by atoms with van der Waals surface area (Å²) in [6.07, 6.45) is 4.13. The Labute approximate surface area is 123 Å². The molecular formula is C15H17ClN2O2. The molecule has 1 aliphatic heterocycles. The van der Waals surface area contributed by atoms with Crippen LogP contribution in [0.2, 0.25) is 5.02 Å². The van der Waals surface area contributed by atoms with Crippen LogP contribution in [-0.2, 0) is 0 Å². The highest BCUT2D eigenvalue weighted by Gasteiger charge is 2.30. The fourth-order valence-electron chi connectivity index (χ4n) is 2.57. The average molecular weight is 293 g/mol. The highest BCUT2D eigenvalue weighted by molar-refractivity contribution is 6.30. The highest BCUT2D eigenvalue weighted by atomic mass is 35.5. The number of oxazole rings is 1. The third kappa shape index (κ3) is 2.81. The van der Waals surface area contributed by atoms with Crippen LogP contribution in [0.15, 0.2) is 35.2 Å². The van der Waals surface area contributed by atoms with Crippen LogP contribution in [0.3, 0.4) is 0 Å². The van der Waals surface area contributed by atoms with Crippen molar-refractivity contribution in [2.24, 2.45) is 5.92 Å². The lowest BCUT2D eigenvalue weighted by Crippen LogP contribution is -2.21. The van der Waals surface area contributed by atoms with Crippen molar-refractivity contribution in [2.75, 3.05) is 13.1 Å². The minimum absolute atomic E-state index is 0.118. The molecule has 2 heterocycles. The van der Waals surface area contributed by atoms with Crippen molar-refractivity contribution in [2.45, 2.75) is 19.4 Å². The molecule has 0 bridgehead atoms. The van der Waals surface area contributed by atoms with Crippen LogP contribution in [0.1, 0.15) is 23.8 Å². The number of hydrogen-bond acceptors (Lipinski definition) is 4. The number of rotatable bonds is 4. The van der Waals surface area contributed by atoms with E-state index in [2.05, 4.69) is 10.3 Å². The predicted octanol–water partition coefficient (Wildman–Crippen LogP) is 3.37. The summed E-state index contributed by atoms with van der Waals surface area (Å²) in [6, 6.07) is 5.65. The van der Waals surface area contributed by atoms with Gasteiger partial charge in [-0.05, 0) is 43.7 Å². The standard InChI is InChI=1S/C15H17ClN2O2/c1-10-6-12(16)2-3-13(10)20-15(11-4-5-17-7-11)14-8-18-9-19-14/h2-3,6,8-9,11,15,17H,4-5,7H2,1H3/t11-,15+/m0/s1. The van der Waals surface area contributed by atoms with Crippen molar-refractivity contribution in [3.05, 3.63) is 47.1 Å². The van der Waals surface area contributed by atoms with Crippen LogP contribution in [0, 0.1) is 12.8 Å². The van der Waals surface area contributed by atoms with Gasteiger partial charge in [0.05, 0.1) is 6.20 Å². The molecule has 1 aliphatic rings. The molecule has 0 saturated carbocycles. The average Bonchev–Trinajstić information content (AvgIpc) is 3.11. The van der Waals surface area contributed by atoms with E-state index in [-0.39, 0.29) is 6.10 Å². The summed E-state index contributed by atoms with van der Waals surface area (Å²) >= 11 is 5.99. The maximum Gasteiger partial charge on any atom is 0.181 e. The molecule has 1 N–H and O–H groups in total. The number of aromatic nitrogens is 1. The molecule has 106 valence electrons. The van der Waals surface area contributed by atoms with Gasteiger partial charge in [0.15, 0.2) is 18.3 Å². The van der Waals surface area contributed by atoms with Crippen LogP contribution >= 0.6 is 11.6 Å². The molecule has 2 atom stereocenters. The van der Waals surface area contributed by atoms with Gasteiger partial charge in [0.1, 0.15) is 5.75 Å². The zero-order valence-electron chi connectivity index (χ0n) is 11.3. The molecule has 0 unspecified atom stereocenters. The van der Waals surface area contributed by atoms with Crippen molar-refractivity contribution < 1.29 is 9.15 Å². The van der Waals surface area contributed by atoms with E-state index in [9.17, 15) is 0 Å². The Morgan fingerprint density at radius 2 is 2.40 bits per heavy atom. The molecule has 0 amide bonds. The largest absolute Gasteiger partial charge is 0.482 e. The summed E-state index contributed by atoms with van der Waals surface area (Å²) in [7, 11) is 0. The second-order valence-corrected chi connectivity index (χ2v) is 5.54. The quantitative estimate of drug-likeness (QED) is 0.938. The van der Waals surface area contributed by atoms with Crippen molar-refractivity contribution in [3.8, 4) is 5.75 Å². The van der Waals surface area contributed by atoms with Crippen LogP contribution in [-0.4, -0.2) is 18.1 Å². The maximum atomic E-state index is 6.20. The molecule has 0 spiro atoms. The van der Waals surface area contributed by atoms with Gasteiger partial charge in [-0.25, -0.2) is 4.98 Å². The molecule has 20 heavy (non-hydrogen) atoms. The van der Waals surface area contributed by atoms with Crippen LogP contribution < -0.4 is 10.1 Å². The zero-order chi connectivity index (χ0) is 13.9. The Kier molecular flexibility index (Phi) is 3.94. The van der Waals surface area contributed by atoms with Crippen molar-refractivity contribution >= 4 is 11.6 Å². The first-order chi connectivity index (χ1) is 9.74. The number of benzene rings is 1. The Morgan fingerprint density at radius 3 is 3.05 bits per heavy atom. The minimum Gasteiger partial charge on any atom is -0.482 e. The summed E-state index contributed by atoms with van der Waals surface area (Å²) in [6.45, 7) is 3.93. The number of nitrogens with zero attached hydrogens (tertiary/aromatic N) is 1. The first-order valence-electron chi connectivity index (χ1n) is 6.76. The molecule has 0 aliphatic carbocycles. The van der Waals surface area contributed by atoms with Crippen molar-refractivity contribution in [3.63, 3.8) is 0 Å². The number of aryl methyl sites for hydroxylation is 1. The van der Waals surface area contributed by atoms with E-state index in [1.165, 1.54) is 6.39 Å². The molecular weight excluding hydrogens is 276 g/mol. The van der Waals surface area contributed by atoms with E-state index in [0.717, 1.165) is 36.6 Å². The van der Waals surface area contributed by atoms with Gasteiger partial charge >= 0.3 is 0 Å². The van der Waals surface area contributed by atoms with Crippen LogP contribution in [0.4, 0.5) is 0 Å². The lowest BCUT2D eigenvalue weighted by Gasteiger charge is -2.23. The van der Waals surface area contributed by atoms with E-state index >= 15 is 0 Å². The topological polar surface area (TPSA) is 47.3 Å². The summed E-state index contributed by atoms with van der Waals surface area (Å²) < 4.78 is 11.7. The number of halogens is 1. The second-order valence-electron chi connectivity index (χ2n) is 5.10. The fourth-order valence-corrected chi connectivity index (χ4v) is 2.80. The summed E-state index contributed by atoms with van der Waals surface area (Å²) in [5.74, 6) is 1.99. The zero-order valence-corrected chi connectivity index (χ0v) is 12.1. The maximum absolute atomic E-state index is 6.20. The van der Waals surface area contributed by atoms with E-state index in [0.29, 0.717) is 10.9 Å². The first kappa shape index (κ1) is 13.5. The molecule has 1 saturated heterocycles. The van der Waals surface area contributed by atoms with Gasteiger partial charge in [0.25, 0.3) is 0 Å². The highest BCUT2D eigenvalue weighted by Crippen LogP contribution is 2.33. The first-order valence-corrected chi connectivity index (χ1v) is 7.14. The monoisotopic (exact) mass is 292 g/mol. The molecule has 1 fully saturated rings. The molecule has 0 radical (unpaired) electrons. The summed E-state index contributed by atoms with van der Waals surface area (Å²) in [5, 5.41) is 4.08. The molecule has 2 aromatic rings. The Morgan fingerprint density at radius 1 is 1.50 bits per heavy atom. The Balaban J connectivity index is 1.86. The van der Waals surface area contributed by atoms with E-state index in [1.807, 2.05) is 25.1 Å². The van der Waals surface area contributed by atoms with Crippen LogP contribution in [0.5, 0.6) is 5.75 Å². The van der Waals surface area contributed by atoms with Crippen molar-refractivity contribution in [1.82, 2.24) is 10.3 Å². The van der Waals surface area contributed by atoms with Gasteiger partial charge in [-0.2, -0.15) is 0 Å². The van der Waals surface area contributed by atoms with Gasteiger partial charge in [0.2, 0.25) is 0 Å².